The lowest BCUT2D eigenvalue weighted by atomic mass is 10.2. The molecule has 0 spiro atoms. The monoisotopic (exact) mass is 160 g/mol. The smallest absolute Gasteiger partial charge is 0.154 e. The number of hydrogen-bond acceptors (Lipinski definition) is 2. The molecule has 2 nitrogen and oxygen atoms in total. The molecule has 1 N–H and O–H groups in total. The molecular weight excluding hydrogens is 140 g/mol. The van der Waals surface area contributed by atoms with E-state index in [1.54, 1.807) is 0 Å². The molecule has 0 heterocycles. The molecule has 11 heavy (non-hydrogen) atoms. The van der Waals surface area contributed by atoms with E-state index in [1.807, 2.05) is 6.92 Å². The summed E-state index contributed by atoms with van der Waals surface area (Å²) in [5.41, 5.74) is 0. The third-order valence-electron chi connectivity index (χ3n) is 1.57. The van der Waals surface area contributed by atoms with Crippen molar-refractivity contribution >= 4 is 0 Å². The van der Waals surface area contributed by atoms with Gasteiger partial charge in [-0.05, 0) is 19.3 Å². The third kappa shape index (κ3) is 7.82. The minimum atomic E-state index is -0.526. The standard InChI is InChI=1S/C9H20O2/c1-3-5-6-7-9(10)11-8-4-2/h9-10H,3-8H2,1-2H3. The first kappa shape index (κ1) is 10.9. The van der Waals surface area contributed by atoms with Gasteiger partial charge in [0.2, 0.25) is 0 Å². The Balaban J connectivity index is 3.02. The van der Waals surface area contributed by atoms with Crippen LogP contribution >= 0.6 is 0 Å². The highest BCUT2D eigenvalue weighted by molar-refractivity contribution is 4.43. The van der Waals surface area contributed by atoms with Crippen LogP contribution in [0, 0.1) is 0 Å². The van der Waals surface area contributed by atoms with Crippen LogP contribution in [0.3, 0.4) is 0 Å². The lowest BCUT2D eigenvalue weighted by molar-refractivity contribution is -0.104. The highest BCUT2D eigenvalue weighted by Crippen LogP contribution is 2.04. The Morgan fingerprint density at radius 2 is 1.91 bits per heavy atom. The topological polar surface area (TPSA) is 29.5 Å². The van der Waals surface area contributed by atoms with Crippen molar-refractivity contribution in [2.75, 3.05) is 6.61 Å². The second-order valence-corrected chi connectivity index (χ2v) is 2.82. The zero-order chi connectivity index (χ0) is 8.53. The lowest BCUT2D eigenvalue weighted by Gasteiger charge is -2.09. The molecule has 0 saturated heterocycles. The first-order valence-electron chi connectivity index (χ1n) is 4.61. The van der Waals surface area contributed by atoms with Crippen molar-refractivity contribution in [1.29, 1.82) is 0 Å². The number of hydrogen-bond donors (Lipinski definition) is 1. The fourth-order valence-electron chi connectivity index (χ4n) is 0.906. The lowest BCUT2D eigenvalue weighted by Crippen LogP contribution is -2.11. The molecule has 0 aromatic carbocycles. The quantitative estimate of drug-likeness (QED) is 0.457. The molecular formula is C9H20O2. The maximum Gasteiger partial charge on any atom is 0.154 e. The summed E-state index contributed by atoms with van der Waals surface area (Å²) < 4.78 is 5.09. The molecule has 0 aromatic heterocycles. The number of unbranched alkanes of at least 4 members (excludes halogenated alkanes) is 2. The summed E-state index contributed by atoms with van der Waals surface area (Å²) in [6, 6.07) is 0. The van der Waals surface area contributed by atoms with Crippen LogP contribution in [0.1, 0.15) is 46.0 Å². The molecule has 0 fully saturated rings. The first-order valence-corrected chi connectivity index (χ1v) is 4.61. The van der Waals surface area contributed by atoms with Crippen LogP contribution in [0.5, 0.6) is 0 Å². The number of ether oxygens (including phenoxy) is 1. The van der Waals surface area contributed by atoms with Gasteiger partial charge in [0.15, 0.2) is 6.29 Å². The van der Waals surface area contributed by atoms with E-state index in [-0.39, 0.29) is 0 Å². The Hall–Kier alpha value is -0.0800. The zero-order valence-electron chi connectivity index (χ0n) is 7.68. The van der Waals surface area contributed by atoms with Crippen molar-refractivity contribution in [3.63, 3.8) is 0 Å². The Morgan fingerprint density at radius 3 is 2.45 bits per heavy atom. The predicted molar refractivity (Wildman–Crippen MR) is 46.4 cm³/mol. The van der Waals surface area contributed by atoms with Crippen LogP contribution in [-0.4, -0.2) is 18.0 Å². The van der Waals surface area contributed by atoms with Gasteiger partial charge in [0.05, 0.1) is 0 Å². The molecule has 0 aromatic rings. The van der Waals surface area contributed by atoms with Crippen molar-refractivity contribution < 1.29 is 9.84 Å². The average Bonchev–Trinajstić information content (AvgIpc) is 2.01. The van der Waals surface area contributed by atoms with E-state index >= 15 is 0 Å². The summed E-state index contributed by atoms with van der Waals surface area (Å²) in [7, 11) is 0. The summed E-state index contributed by atoms with van der Waals surface area (Å²) in [5, 5.41) is 9.18. The molecule has 0 radical (unpaired) electrons. The van der Waals surface area contributed by atoms with Gasteiger partial charge in [-0.3, -0.25) is 0 Å². The maximum atomic E-state index is 9.18. The molecule has 0 bridgehead atoms. The van der Waals surface area contributed by atoms with Crippen LogP contribution in [0.4, 0.5) is 0 Å². The van der Waals surface area contributed by atoms with Crippen molar-refractivity contribution in [1.82, 2.24) is 0 Å². The molecule has 68 valence electrons. The van der Waals surface area contributed by atoms with Crippen molar-refractivity contribution in [3.8, 4) is 0 Å². The van der Waals surface area contributed by atoms with E-state index in [0.29, 0.717) is 6.61 Å². The Bertz CT molecular complexity index is 74.0. The molecule has 0 aliphatic rings. The van der Waals surface area contributed by atoms with Gasteiger partial charge in [0, 0.05) is 6.61 Å². The van der Waals surface area contributed by atoms with Crippen LogP contribution in [0.15, 0.2) is 0 Å². The highest BCUT2D eigenvalue weighted by atomic mass is 16.6. The van der Waals surface area contributed by atoms with Crippen molar-refractivity contribution in [2.45, 2.75) is 52.2 Å². The minimum Gasteiger partial charge on any atom is -0.368 e. The molecule has 0 aliphatic heterocycles. The predicted octanol–water partition coefficient (Wildman–Crippen LogP) is 2.31. The van der Waals surface area contributed by atoms with Gasteiger partial charge < -0.3 is 9.84 Å². The van der Waals surface area contributed by atoms with E-state index in [4.69, 9.17) is 4.74 Å². The van der Waals surface area contributed by atoms with Crippen LogP contribution in [0.2, 0.25) is 0 Å². The second-order valence-electron chi connectivity index (χ2n) is 2.82. The van der Waals surface area contributed by atoms with Gasteiger partial charge in [0.25, 0.3) is 0 Å². The van der Waals surface area contributed by atoms with E-state index in [0.717, 1.165) is 19.3 Å². The molecule has 2 heteroatoms. The van der Waals surface area contributed by atoms with E-state index < -0.39 is 6.29 Å². The Labute approximate surface area is 69.6 Å². The van der Waals surface area contributed by atoms with Crippen LogP contribution < -0.4 is 0 Å². The molecule has 1 atom stereocenters. The fourth-order valence-corrected chi connectivity index (χ4v) is 0.906. The van der Waals surface area contributed by atoms with Gasteiger partial charge in [-0.25, -0.2) is 0 Å². The number of rotatable bonds is 7. The van der Waals surface area contributed by atoms with E-state index in [1.165, 1.54) is 12.8 Å². The SMILES string of the molecule is CCCCCC(O)OCCC. The first-order chi connectivity index (χ1) is 5.31. The van der Waals surface area contributed by atoms with Gasteiger partial charge in [0.1, 0.15) is 0 Å². The number of aliphatic hydroxyl groups is 1. The molecule has 0 aliphatic carbocycles. The normalized spacial score (nSPS) is 13.4. The van der Waals surface area contributed by atoms with Crippen LogP contribution in [-0.2, 0) is 4.74 Å². The summed E-state index contributed by atoms with van der Waals surface area (Å²) in [5.74, 6) is 0. The summed E-state index contributed by atoms with van der Waals surface area (Å²) in [6.07, 6.45) is 4.69. The zero-order valence-corrected chi connectivity index (χ0v) is 7.68. The average molecular weight is 160 g/mol. The summed E-state index contributed by atoms with van der Waals surface area (Å²) >= 11 is 0. The van der Waals surface area contributed by atoms with Crippen molar-refractivity contribution in [3.05, 3.63) is 0 Å². The Kier molecular flexibility index (Phi) is 7.96. The maximum absolute atomic E-state index is 9.18. The van der Waals surface area contributed by atoms with Crippen molar-refractivity contribution in [2.24, 2.45) is 0 Å². The summed E-state index contributed by atoms with van der Waals surface area (Å²) in [4.78, 5) is 0. The van der Waals surface area contributed by atoms with Gasteiger partial charge in [-0.15, -0.1) is 0 Å². The fraction of sp³-hybridized carbons (Fsp3) is 1.00. The molecule has 1 unspecified atom stereocenters. The highest BCUT2D eigenvalue weighted by Gasteiger charge is 2.01. The van der Waals surface area contributed by atoms with Crippen LogP contribution in [0.25, 0.3) is 0 Å². The molecule has 0 amide bonds. The minimum absolute atomic E-state index is 0.526. The van der Waals surface area contributed by atoms with E-state index in [2.05, 4.69) is 6.92 Å². The van der Waals surface area contributed by atoms with Gasteiger partial charge >= 0.3 is 0 Å². The second kappa shape index (κ2) is 8.02. The molecule has 0 saturated carbocycles. The molecule has 0 rings (SSSR count). The van der Waals surface area contributed by atoms with E-state index in [9.17, 15) is 5.11 Å². The van der Waals surface area contributed by atoms with Gasteiger partial charge in [-0.2, -0.15) is 0 Å². The number of aliphatic hydroxyl groups excluding tert-OH is 1. The largest absolute Gasteiger partial charge is 0.368 e. The summed E-state index contributed by atoms with van der Waals surface area (Å²) in [6.45, 7) is 4.87. The Morgan fingerprint density at radius 1 is 1.18 bits per heavy atom. The third-order valence-corrected chi connectivity index (χ3v) is 1.57. The van der Waals surface area contributed by atoms with Gasteiger partial charge in [-0.1, -0.05) is 26.7 Å².